The largest absolute Gasteiger partial charge is 0.380 e. The van der Waals surface area contributed by atoms with E-state index in [1.54, 1.807) is 0 Å². The fourth-order valence-electron chi connectivity index (χ4n) is 2.03. The molecule has 0 saturated heterocycles. The third-order valence-corrected chi connectivity index (χ3v) is 3.00. The maximum absolute atomic E-state index is 5.62. The fourth-order valence-corrected chi connectivity index (χ4v) is 2.03. The monoisotopic (exact) mass is 263 g/mol. The van der Waals surface area contributed by atoms with Crippen LogP contribution in [0.4, 0.5) is 0 Å². The van der Waals surface area contributed by atoms with Crippen LogP contribution in [-0.4, -0.2) is 25.8 Å². The highest BCUT2D eigenvalue weighted by Crippen LogP contribution is 2.10. The lowest BCUT2D eigenvalue weighted by Gasteiger charge is -2.09. The van der Waals surface area contributed by atoms with Crippen LogP contribution in [0.1, 0.15) is 38.8 Å². The van der Waals surface area contributed by atoms with Crippen molar-refractivity contribution in [1.29, 1.82) is 0 Å². The van der Waals surface area contributed by atoms with Crippen LogP contribution >= 0.6 is 0 Å². The molecule has 1 N–H and O–H groups in total. The second-order valence-electron chi connectivity index (χ2n) is 5.89. The molecule has 0 aliphatic rings. The van der Waals surface area contributed by atoms with Crippen molar-refractivity contribution in [3.63, 3.8) is 0 Å². The number of ether oxygens (including phenoxy) is 1. The highest BCUT2D eigenvalue weighted by molar-refractivity contribution is 5.22. The van der Waals surface area contributed by atoms with E-state index in [9.17, 15) is 0 Å². The van der Waals surface area contributed by atoms with Crippen molar-refractivity contribution in [1.82, 2.24) is 5.32 Å². The SMILES string of the molecule is CC(C)Cc1ccc(CCOCCNC(C)C)cc1. The lowest BCUT2D eigenvalue weighted by atomic mass is 10.0. The van der Waals surface area contributed by atoms with Crippen LogP contribution < -0.4 is 5.32 Å². The zero-order chi connectivity index (χ0) is 14.1. The molecule has 0 unspecified atom stereocenters. The molecule has 0 radical (unpaired) electrons. The third kappa shape index (κ3) is 8.02. The van der Waals surface area contributed by atoms with E-state index in [2.05, 4.69) is 57.3 Å². The highest BCUT2D eigenvalue weighted by Gasteiger charge is 1.99. The first kappa shape index (κ1) is 16.2. The smallest absolute Gasteiger partial charge is 0.0591 e. The predicted molar refractivity (Wildman–Crippen MR) is 82.6 cm³/mol. The van der Waals surface area contributed by atoms with Crippen LogP contribution in [0.5, 0.6) is 0 Å². The topological polar surface area (TPSA) is 21.3 Å². The van der Waals surface area contributed by atoms with Gasteiger partial charge in [0.1, 0.15) is 0 Å². The summed E-state index contributed by atoms with van der Waals surface area (Å²) < 4.78 is 5.62. The molecule has 0 bridgehead atoms. The molecular formula is C17H29NO. The van der Waals surface area contributed by atoms with Crippen molar-refractivity contribution in [2.75, 3.05) is 19.8 Å². The Kier molecular flexibility index (Phi) is 7.76. The highest BCUT2D eigenvalue weighted by atomic mass is 16.5. The molecule has 2 heteroatoms. The predicted octanol–water partition coefficient (Wildman–Crippen LogP) is 3.44. The van der Waals surface area contributed by atoms with E-state index in [0.29, 0.717) is 6.04 Å². The Labute approximate surface area is 118 Å². The molecule has 108 valence electrons. The van der Waals surface area contributed by atoms with Crippen molar-refractivity contribution < 1.29 is 4.74 Å². The molecule has 0 aliphatic carbocycles. The normalized spacial score (nSPS) is 11.5. The molecule has 0 saturated carbocycles. The lowest BCUT2D eigenvalue weighted by molar-refractivity contribution is 0.137. The van der Waals surface area contributed by atoms with Crippen molar-refractivity contribution >= 4 is 0 Å². The second kappa shape index (κ2) is 9.11. The number of rotatable bonds is 9. The summed E-state index contributed by atoms with van der Waals surface area (Å²) >= 11 is 0. The molecule has 0 heterocycles. The quantitative estimate of drug-likeness (QED) is 0.689. The van der Waals surface area contributed by atoms with Gasteiger partial charge in [-0.1, -0.05) is 52.0 Å². The first-order chi connectivity index (χ1) is 9.08. The third-order valence-electron chi connectivity index (χ3n) is 3.00. The fraction of sp³-hybridized carbons (Fsp3) is 0.647. The zero-order valence-electron chi connectivity index (χ0n) is 12.9. The van der Waals surface area contributed by atoms with Gasteiger partial charge in [0.25, 0.3) is 0 Å². The van der Waals surface area contributed by atoms with E-state index in [1.165, 1.54) is 11.1 Å². The Bertz CT molecular complexity index is 330. The summed E-state index contributed by atoms with van der Waals surface area (Å²) in [4.78, 5) is 0. The van der Waals surface area contributed by atoms with Crippen LogP contribution in [0.15, 0.2) is 24.3 Å². The minimum Gasteiger partial charge on any atom is -0.380 e. The number of benzene rings is 1. The van der Waals surface area contributed by atoms with Crippen molar-refractivity contribution in [2.45, 2.75) is 46.6 Å². The van der Waals surface area contributed by atoms with E-state index < -0.39 is 0 Å². The van der Waals surface area contributed by atoms with Gasteiger partial charge in [-0.3, -0.25) is 0 Å². The molecule has 0 fully saturated rings. The lowest BCUT2D eigenvalue weighted by Crippen LogP contribution is -2.26. The summed E-state index contributed by atoms with van der Waals surface area (Å²) in [5.41, 5.74) is 2.80. The summed E-state index contributed by atoms with van der Waals surface area (Å²) in [5.74, 6) is 0.725. The molecule has 0 aromatic heterocycles. The van der Waals surface area contributed by atoms with E-state index in [-0.39, 0.29) is 0 Å². The van der Waals surface area contributed by atoms with Gasteiger partial charge in [-0.2, -0.15) is 0 Å². The first-order valence-corrected chi connectivity index (χ1v) is 7.47. The van der Waals surface area contributed by atoms with Gasteiger partial charge >= 0.3 is 0 Å². The maximum Gasteiger partial charge on any atom is 0.0591 e. The number of hydrogen-bond acceptors (Lipinski definition) is 2. The van der Waals surface area contributed by atoms with Gasteiger partial charge in [0.2, 0.25) is 0 Å². The maximum atomic E-state index is 5.62. The molecule has 2 nitrogen and oxygen atoms in total. The van der Waals surface area contributed by atoms with Crippen molar-refractivity contribution in [2.24, 2.45) is 5.92 Å². The summed E-state index contributed by atoms with van der Waals surface area (Å²) in [7, 11) is 0. The molecule has 0 atom stereocenters. The minimum atomic E-state index is 0.539. The summed E-state index contributed by atoms with van der Waals surface area (Å²) in [5, 5.41) is 3.34. The van der Waals surface area contributed by atoms with Gasteiger partial charge in [0.15, 0.2) is 0 Å². The molecule has 1 aromatic carbocycles. The van der Waals surface area contributed by atoms with Crippen LogP contribution in [0.2, 0.25) is 0 Å². The molecule has 0 aliphatic heterocycles. The van der Waals surface area contributed by atoms with Gasteiger partial charge in [-0.15, -0.1) is 0 Å². The van der Waals surface area contributed by atoms with Crippen molar-refractivity contribution in [3.05, 3.63) is 35.4 Å². The van der Waals surface area contributed by atoms with E-state index >= 15 is 0 Å². The second-order valence-corrected chi connectivity index (χ2v) is 5.89. The Morgan fingerprint density at radius 3 is 2.16 bits per heavy atom. The number of nitrogens with one attached hydrogen (secondary N) is 1. The summed E-state index contributed by atoms with van der Waals surface area (Å²) in [6, 6.07) is 9.49. The number of hydrogen-bond donors (Lipinski definition) is 1. The summed E-state index contributed by atoms with van der Waals surface area (Å²) in [6.45, 7) is 11.4. The van der Waals surface area contributed by atoms with Gasteiger partial charge in [-0.25, -0.2) is 0 Å². The van der Waals surface area contributed by atoms with E-state index in [1.807, 2.05) is 0 Å². The average molecular weight is 263 g/mol. The van der Waals surface area contributed by atoms with Gasteiger partial charge in [0.05, 0.1) is 13.2 Å². The van der Waals surface area contributed by atoms with Gasteiger partial charge in [0, 0.05) is 12.6 Å². The molecule has 1 aromatic rings. The van der Waals surface area contributed by atoms with Crippen LogP contribution in [0, 0.1) is 5.92 Å². The molecular weight excluding hydrogens is 234 g/mol. The van der Waals surface area contributed by atoms with E-state index in [0.717, 1.165) is 38.5 Å². The Morgan fingerprint density at radius 1 is 0.947 bits per heavy atom. The van der Waals surface area contributed by atoms with Crippen LogP contribution in [0.3, 0.4) is 0 Å². The molecule has 0 amide bonds. The van der Waals surface area contributed by atoms with Crippen LogP contribution in [0.25, 0.3) is 0 Å². The zero-order valence-corrected chi connectivity index (χ0v) is 12.9. The molecule has 19 heavy (non-hydrogen) atoms. The Balaban J connectivity index is 2.16. The molecule has 0 spiro atoms. The average Bonchev–Trinajstić information content (AvgIpc) is 2.34. The van der Waals surface area contributed by atoms with Gasteiger partial charge < -0.3 is 10.1 Å². The van der Waals surface area contributed by atoms with E-state index in [4.69, 9.17) is 4.74 Å². The van der Waals surface area contributed by atoms with Crippen LogP contribution in [-0.2, 0) is 17.6 Å². The van der Waals surface area contributed by atoms with Crippen molar-refractivity contribution in [3.8, 4) is 0 Å². The molecule has 1 rings (SSSR count). The minimum absolute atomic E-state index is 0.539. The Hall–Kier alpha value is -0.860. The standard InChI is InChI=1S/C17H29NO/c1-14(2)13-17-7-5-16(6-8-17)9-11-19-12-10-18-15(3)4/h5-8,14-15,18H,9-13H2,1-4H3. The summed E-state index contributed by atoms with van der Waals surface area (Å²) in [6.07, 6.45) is 2.17. The first-order valence-electron chi connectivity index (χ1n) is 7.47. The Morgan fingerprint density at radius 2 is 1.58 bits per heavy atom. The van der Waals surface area contributed by atoms with Gasteiger partial charge in [-0.05, 0) is 29.9 Å².